The largest absolute Gasteiger partial charge is 0.444 e. The molecule has 0 aliphatic heterocycles. The number of pyridine rings is 2. The Bertz CT molecular complexity index is 1460. The molecular weight excluding hydrogens is 745 g/mol. The van der Waals surface area contributed by atoms with Crippen LogP contribution in [0.1, 0.15) is 87.0 Å². The number of alkyl carbamates (subject to hydrolysis) is 1. The summed E-state index contributed by atoms with van der Waals surface area (Å²) in [5, 5.41) is 8.34. The Morgan fingerprint density at radius 2 is 1.15 bits per heavy atom. The maximum atomic E-state index is 12.8. The van der Waals surface area contributed by atoms with Gasteiger partial charge in [0.2, 0.25) is 0 Å². The molecule has 0 bridgehead atoms. The molecule has 2 aromatic rings. The summed E-state index contributed by atoms with van der Waals surface area (Å²) < 4.78 is 15.6. The molecule has 0 radical (unpaired) electrons. The van der Waals surface area contributed by atoms with Crippen molar-refractivity contribution in [2.45, 2.75) is 126 Å². The summed E-state index contributed by atoms with van der Waals surface area (Å²) >= 11 is 2.80. The monoisotopic (exact) mass is 806 g/mol. The number of hydrogen-bond donors (Lipinski definition) is 4. The summed E-state index contributed by atoms with van der Waals surface area (Å²) in [5.41, 5.74) is 2.96. The van der Waals surface area contributed by atoms with Gasteiger partial charge >= 0.3 is 6.09 Å². The van der Waals surface area contributed by atoms with Crippen molar-refractivity contribution >= 4 is 53.0 Å². The van der Waals surface area contributed by atoms with Gasteiger partial charge in [-0.15, -0.1) is 23.5 Å². The highest BCUT2D eigenvalue weighted by atomic mass is 32.2. The average molecular weight is 807 g/mol. The molecule has 2 aromatic heterocycles. The van der Waals surface area contributed by atoms with E-state index < -0.39 is 35.0 Å². The van der Waals surface area contributed by atoms with Crippen LogP contribution in [0.5, 0.6) is 0 Å². The minimum Gasteiger partial charge on any atom is -0.444 e. The maximum Gasteiger partial charge on any atom is 0.407 e. The minimum atomic E-state index is -1.03. The number of hydrogen-bond acceptors (Lipinski definition) is 13. The van der Waals surface area contributed by atoms with Crippen LogP contribution in [-0.4, -0.2) is 107 Å². The van der Waals surface area contributed by atoms with Crippen LogP contribution < -0.4 is 21.7 Å². The number of nitrogens with one attached hydrogen (secondary N) is 3. The van der Waals surface area contributed by atoms with Crippen molar-refractivity contribution in [2.75, 3.05) is 38.8 Å². The van der Waals surface area contributed by atoms with E-state index in [1.807, 2.05) is 24.3 Å². The van der Waals surface area contributed by atoms with Gasteiger partial charge in [-0.05, 0) is 118 Å². The van der Waals surface area contributed by atoms with Crippen LogP contribution in [0.4, 0.5) is 4.79 Å². The van der Waals surface area contributed by atoms with Gasteiger partial charge < -0.3 is 35.9 Å². The van der Waals surface area contributed by atoms with Crippen molar-refractivity contribution in [1.82, 2.24) is 25.9 Å². The average Bonchev–Trinajstić information content (AvgIpc) is 3.15. The maximum absolute atomic E-state index is 12.8. The number of rotatable bonds is 23. The molecule has 14 nitrogen and oxygen atoms in total. The van der Waals surface area contributed by atoms with Gasteiger partial charge in [-0.3, -0.25) is 29.1 Å². The zero-order chi connectivity index (χ0) is 41.5. The van der Waals surface area contributed by atoms with Gasteiger partial charge in [0.1, 0.15) is 16.8 Å². The quantitative estimate of drug-likeness (QED) is 0.0852. The van der Waals surface area contributed by atoms with Crippen LogP contribution >= 0.6 is 23.5 Å². The molecule has 2 heterocycles. The highest BCUT2D eigenvalue weighted by Crippen LogP contribution is 2.20. The van der Waals surface area contributed by atoms with Crippen molar-refractivity contribution in [3.8, 4) is 0 Å². The fourth-order valence-electron chi connectivity index (χ4n) is 4.32. The molecule has 2 rings (SSSR count). The third-order valence-electron chi connectivity index (χ3n) is 8.07. The van der Waals surface area contributed by atoms with Crippen LogP contribution in [0.2, 0.25) is 0 Å². The van der Waals surface area contributed by atoms with E-state index in [1.54, 1.807) is 73.3 Å². The standard InChI is InChI=1S/C22H35N3O5S.C17H27N3O3S/c1-21(2,3)30-20(28)24-13-8-7-11-17(25-19(27)22(4,5)29-6)18(26)15-31-16-10-9-12-23-14-16;1-17(2,23-3)16(22)20-14(8-4-5-9-18)15(21)12-24-13-7-6-10-19-11-13/h9-10,12,14,17H,7-8,11,13,15H2,1-6H3,(H,24,28)(H,25,27);6-7,10-11,14H,4-5,8-9,12,18H2,1-3H3,(H,20,22)/t17-;14-/m00/s1. The number of carbonyl (C=O) groups excluding carboxylic acids is 5. The van der Waals surface area contributed by atoms with E-state index in [-0.39, 0.29) is 34.9 Å². The molecule has 16 heteroatoms. The van der Waals surface area contributed by atoms with Crippen molar-refractivity contribution in [3.63, 3.8) is 0 Å². The number of nitrogens with zero attached hydrogens (tertiary/aromatic N) is 2. The van der Waals surface area contributed by atoms with Crippen LogP contribution in [-0.2, 0) is 33.4 Å². The van der Waals surface area contributed by atoms with E-state index in [9.17, 15) is 24.0 Å². The molecule has 0 spiro atoms. The van der Waals surface area contributed by atoms with Gasteiger partial charge in [0, 0.05) is 55.3 Å². The lowest BCUT2D eigenvalue weighted by Crippen LogP contribution is -2.50. The minimum absolute atomic E-state index is 0.0128. The molecule has 0 aliphatic carbocycles. The van der Waals surface area contributed by atoms with Gasteiger partial charge in [-0.25, -0.2) is 4.79 Å². The normalized spacial score (nSPS) is 12.7. The summed E-state index contributed by atoms with van der Waals surface area (Å²) in [6.07, 6.45) is 10.3. The molecule has 5 N–H and O–H groups in total. The summed E-state index contributed by atoms with van der Waals surface area (Å²) in [6.45, 7) is 13.1. The number of methoxy groups -OCH3 is 2. The SMILES string of the molecule is COC(C)(C)C(=O)N[C@@H](CCCCN)C(=O)CSc1cccnc1.COC(C)(C)C(=O)N[C@@H](CCCCNC(=O)OC(C)(C)C)C(=O)CSc1cccnc1. The van der Waals surface area contributed by atoms with E-state index in [0.29, 0.717) is 38.8 Å². The fraction of sp³-hybridized carbons (Fsp3) is 0.615. The first-order chi connectivity index (χ1) is 25.8. The second-order valence-corrected chi connectivity index (χ2v) is 16.7. The van der Waals surface area contributed by atoms with Gasteiger partial charge in [0.05, 0.1) is 23.6 Å². The van der Waals surface area contributed by atoms with Gasteiger partial charge in [-0.2, -0.15) is 0 Å². The Morgan fingerprint density at radius 3 is 1.51 bits per heavy atom. The number of carbonyl (C=O) groups is 5. The third kappa shape index (κ3) is 21.4. The van der Waals surface area contributed by atoms with E-state index in [0.717, 1.165) is 22.6 Å². The predicted octanol–water partition coefficient (Wildman–Crippen LogP) is 5.13. The number of ketones is 2. The first kappa shape index (κ1) is 49.4. The molecule has 0 unspecified atom stereocenters. The lowest BCUT2D eigenvalue weighted by Gasteiger charge is -2.26. The van der Waals surface area contributed by atoms with Crippen LogP contribution in [0, 0.1) is 0 Å². The number of thioether (sulfide) groups is 2. The lowest BCUT2D eigenvalue weighted by molar-refractivity contribution is -0.142. The van der Waals surface area contributed by atoms with Crippen LogP contribution in [0.25, 0.3) is 0 Å². The van der Waals surface area contributed by atoms with Crippen LogP contribution in [0.15, 0.2) is 58.8 Å². The Hall–Kier alpha value is -3.57. The van der Waals surface area contributed by atoms with Gasteiger partial charge in [-0.1, -0.05) is 0 Å². The van der Waals surface area contributed by atoms with Crippen LogP contribution in [0.3, 0.4) is 0 Å². The van der Waals surface area contributed by atoms with Gasteiger partial charge in [0.25, 0.3) is 11.8 Å². The Morgan fingerprint density at radius 1 is 0.709 bits per heavy atom. The highest BCUT2D eigenvalue weighted by molar-refractivity contribution is 8.00. The molecular formula is C39H62N6O8S2. The smallest absolute Gasteiger partial charge is 0.407 e. The lowest BCUT2D eigenvalue weighted by atomic mass is 10.0. The summed E-state index contributed by atoms with van der Waals surface area (Å²) in [6, 6.07) is 6.27. The van der Waals surface area contributed by atoms with Crippen molar-refractivity contribution in [3.05, 3.63) is 49.1 Å². The Labute approximate surface area is 335 Å². The summed E-state index contributed by atoms with van der Waals surface area (Å²) in [5.74, 6) is -0.211. The predicted molar refractivity (Wildman–Crippen MR) is 217 cm³/mol. The third-order valence-corrected chi connectivity index (χ3v) is 10.1. The molecule has 0 aliphatic rings. The highest BCUT2D eigenvalue weighted by Gasteiger charge is 2.32. The van der Waals surface area contributed by atoms with E-state index in [1.165, 1.54) is 37.7 Å². The number of aromatic nitrogens is 2. The zero-order valence-electron chi connectivity index (χ0n) is 33.9. The van der Waals surface area contributed by atoms with Crippen molar-refractivity contribution < 1.29 is 38.2 Å². The number of Topliss-reactive ketones (excluding diaryl/α,β-unsaturated/α-hetero) is 2. The summed E-state index contributed by atoms with van der Waals surface area (Å²) in [7, 11) is 2.93. The number of amides is 3. The van der Waals surface area contributed by atoms with E-state index in [2.05, 4.69) is 25.9 Å². The molecule has 308 valence electrons. The van der Waals surface area contributed by atoms with Crippen molar-refractivity contribution in [2.24, 2.45) is 5.73 Å². The van der Waals surface area contributed by atoms with Crippen molar-refractivity contribution in [1.29, 1.82) is 0 Å². The zero-order valence-corrected chi connectivity index (χ0v) is 35.5. The number of nitrogens with two attached hydrogens (primary N) is 1. The second-order valence-electron chi connectivity index (χ2n) is 14.6. The first-order valence-corrected chi connectivity index (χ1v) is 20.3. The first-order valence-electron chi connectivity index (χ1n) is 18.4. The molecule has 0 saturated heterocycles. The molecule has 55 heavy (non-hydrogen) atoms. The summed E-state index contributed by atoms with van der Waals surface area (Å²) in [4.78, 5) is 71.7. The molecule has 0 saturated carbocycles. The topological polar surface area (TPSA) is 201 Å². The molecule has 3 amide bonds. The number of ether oxygens (including phenoxy) is 3. The fourth-order valence-corrected chi connectivity index (χ4v) is 5.96. The molecule has 0 aromatic carbocycles. The van der Waals surface area contributed by atoms with E-state index >= 15 is 0 Å². The Balaban J connectivity index is 0.000000568. The van der Waals surface area contributed by atoms with E-state index in [4.69, 9.17) is 19.9 Å². The number of unbranched alkanes of at least 4 members (excludes halogenated alkanes) is 2. The molecule has 0 fully saturated rings. The molecule has 2 atom stereocenters. The Kier molecular flexibility index (Phi) is 23.0. The second kappa shape index (κ2) is 25.6. The van der Waals surface area contributed by atoms with Gasteiger partial charge in [0.15, 0.2) is 11.6 Å².